The molecule has 0 aromatic carbocycles. The average molecular weight is 210 g/mol. The number of allylic oxidation sites excluding steroid dienone is 1. The topological polar surface area (TPSA) is 49.4 Å². The predicted octanol–water partition coefficient (Wildman–Crippen LogP) is 0.688. The third kappa shape index (κ3) is 2.19. The van der Waals surface area contributed by atoms with Crippen molar-refractivity contribution >= 4 is 11.8 Å². The van der Waals surface area contributed by atoms with Crippen LogP contribution in [-0.4, -0.2) is 34.8 Å². The van der Waals surface area contributed by atoms with Gasteiger partial charge in [0, 0.05) is 6.54 Å². The van der Waals surface area contributed by atoms with Crippen LogP contribution >= 0.6 is 0 Å². The Morgan fingerprint density at radius 1 is 1.47 bits per heavy atom. The van der Waals surface area contributed by atoms with Gasteiger partial charge in [-0.2, -0.15) is 0 Å². The van der Waals surface area contributed by atoms with Crippen molar-refractivity contribution in [1.82, 2.24) is 10.2 Å². The van der Waals surface area contributed by atoms with E-state index in [1.165, 1.54) is 0 Å². The lowest BCUT2D eigenvalue weighted by Crippen LogP contribution is -2.67. The molecule has 0 aliphatic carbocycles. The maximum absolute atomic E-state index is 12.0. The first-order valence-corrected chi connectivity index (χ1v) is 5.14. The summed E-state index contributed by atoms with van der Waals surface area (Å²) < 4.78 is 0. The molecule has 15 heavy (non-hydrogen) atoms. The third-order valence-electron chi connectivity index (χ3n) is 2.62. The summed E-state index contributed by atoms with van der Waals surface area (Å²) in [6.45, 7) is 7.58. The molecule has 1 unspecified atom stereocenters. The van der Waals surface area contributed by atoms with Gasteiger partial charge in [0.25, 0.3) is 0 Å². The number of amides is 2. The standard InChI is InChI=1S/C11H18N2O2/c1-5-6-7-13-8(2)9(14)12-11(3,4)10(13)15/h5-6,8H,7H2,1-4H3,(H,12,14)/b6-5+. The largest absolute Gasteiger partial charge is 0.340 e. The second-order valence-electron chi connectivity index (χ2n) is 4.32. The molecule has 1 fully saturated rings. The predicted molar refractivity (Wildman–Crippen MR) is 58.2 cm³/mol. The lowest BCUT2D eigenvalue weighted by molar-refractivity contribution is -0.152. The van der Waals surface area contributed by atoms with Crippen LogP contribution in [0.25, 0.3) is 0 Å². The molecule has 1 saturated heterocycles. The second-order valence-corrected chi connectivity index (χ2v) is 4.32. The van der Waals surface area contributed by atoms with Crippen molar-refractivity contribution in [3.63, 3.8) is 0 Å². The molecule has 4 heteroatoms. The highest BCUT2D eigenvalue weighted by Crippen LogP contribution is 2.17. The Balaban J connectivity index is 2.90. The fourth-order valence-electron chi connectivity index (χ4n) is 1.60. The van der Waals surface area contributed by atoms with Crippen molar-refractivity contribution in [3.05, 3.63) is 12.2 Å². The summed E-state index contributed by atoms with van der Waals surface area (Å²) in [4.78, 5) is 25.2. The number of hydrogen-bond donors (Lipinski definition) is 1. The summed E-state index contributed by atoms with van der Waals surface area (Å²) >= 11 is 0. The molecule has 0 bridgehead atoms. The summed E-state index contributed by atoms with van der Waals surface area (Å²) in [6, 6.07) is -0.387. The molecular weight excluding hydrogens is 192 g/mol. The van der Waals surface area contributed by atoms with Gasteiger partial charge in [-0.05, 0) is 27.7 Å². The van der Waals surface area contributed by atoms with Gasteiger partial charge < -0.3 is 10.2 Å². The number of rotatable bonds is 2. The lowest BCUT2D eigenvalue weighted by atomic mass is 9.97. The zero-order valence-electron chi connectivity index (χ0n) is 9.70. The van der Waals surface area contributed by atoms with Gasteiger partial charge in [-0.3, -0.25) is 9.59 Å². The van der Waals surface area contributed by atoms with E-state index in [1.807, 2.05) is 19.1 Å². The lowest BCUT2D eigenvalue weighted by Gasteiger charge is -2.41. The number of hydrogen-bond acceptors (Lipinski definition) is 2. The highest BCUT2D eigenvalue weighted by Gasteiger charge is 2.42. The minimum absolute atomic E-state index is 0.0345. The van der Waals surface area contributed by atoms with Crippen LogP contribution in [0.15, 0.2) is 12.2 Å². The van der Waals surface area contributed by atoms with E-state index < -0.39 is 5.54 Å². The zero-order chi connectivity index (χ0) is 11.6. The van der Waals surface area contributed by atoms with Gasteiger partial charge in [-0.15, -0.1) is 0 Å². The third-order valence-corrected chi connectivity index (χ3v) is 2.62. The molecule has 4 nitrogen and oxygen atoms in total. The maximum atomic E-state index is 12.0. The van der Waals surface area contributed by atoms with Crippen LogP contribution in [0.1, 0.15) is 27.7 Å². The fourth-order valence-corrected chi connectivity index (χ4v) is 1.60. The Bertz CT molecular complexity index is 308. The Kier molecular flexibility index (Phi) is 3.17. The Morgan fingerprint density at radius 2 is 2.07 bits per heavy atom. The van der Waals surface area contributed by atoms with Crippen LogP contribution in [-0.2, 0) is 9.59 Å². The van der Waals surface area contributed by atoms with Gasteiger partial charge in [0.2, 0.25) is 11.8 Å². The summed E-state index contributed by atoms with van der Waals surface area (Å²) in [5.41, 5.74) is -0.787. The Morgan fingerprint density at radius 3 is 2.60 bits per heavy atom. The molecule has 2 amide bonds. The summed E-state index contributed by atoms with van der Waals surface area (Å²) in [7, 11) is 0. The number of carbonyl (C=O) groups is 2. The first kappa shape index (κ1) is 11.8. The molecule has 1 atom stereocenters. The highest BCUT2D eigenvalue weighted by molar-refractivity contribution is 5.99. The van der Waals surface area contributed by atoms with Gasteiger partial charge in [-0.25, -0.2) is 0 Å². The van der Waals surface area contributed by atoms with E-state index >= 15 is 0 Å². The molecule has 1 aliphatic rings. The molecular formula is C11H18N2O2. The molecule has 84 valence electrons. The monoisotopic (exact) mass is 210 g/mol. The van der Waals surface area contributed by atoms with Crippen molar-refractivity contribution in [1.29, 1.82) is 0 Å². The van der Waals surface area contributed by atoms with Crippen LogP contribution in [0.5, 0.6) is 0 Å². The molecule has 0 radical (unpaired) electrons. The van der Waals surface area contributed by atoms with Crippen LogP contribution in [0.3, 0.4) is 0 Å². The van der Waals surface area contributed by atoms with E-state index in [2.05, 4.69) is 5.32 Å². The summed E-state index contributed by atoms with van der Waals surface area (Å²) in [6.07, 6.45) is 3.75. The minimum Gasteiger partial charge on any atom is -0.340 e. The first-order chi connectivity index (χ1) is 6.90. The van der Waals surface area contributed by atoms with Crippen LogP contribution < -0.4 is 5.32 Å². The minimum atomic E-state index is -0.787. The van der Waals surface area contributed by atoms with Gasteiger partial charge in [0.05, 0.1) is 0 Å². The van der Waals surface area contributed by atoms with Crippen LogP contribution in [0.4, 0.5) is 0 Å². The van der Waals surface area contributed by atoms with E-state index in [0.29, 0.717) is 6.54 Å². The van der Waals surface area contributed by atoms with Crippen LogP contribution in [0, 0.1) is 0 Å². The highest BCUT2D eigenvalue weighted by atomic mass is 16.2. The normalized spacial score (nSPS) is 25.9. The van der Waals surface area contributed by atoms with Crippen LogP contribution in [0.2, 0.25) is 0 Å². The number of piperazine rings is 1. The van der Waals surface area contributed by atoms with Crippen molar-refractivity contribution in [2.75, 3.05) is 6.54 Å². The molecule has 1 rings (SSSR count). The van der Waals surface area contributed by atoms with E-state index in [-0.39, 0.29) is 17.9 Å². The molecule has 0 saturated carbocycles. The smallest absolute Gasteiger partial charge is 0.248 e. The molecule has 1 heterocycles. The number of carbonyl (C=O) groups excluding carboxylic acids is 2. The molecule has 0 aromatic heterocycles. The summed E-state index contributed by atoms with van der Waals surface area (Å²) in [5.74, 6) is -0.128. The van der Waals surface area contributed by atoms with E-state index in [1.54, 1.807) is 25.7 Å². The SMILES string of the molecule is C/C=C/CN1C(=O)C(C)(C)NC(=O)C1C. The Labute approximate surface area is 90.3 Å². The van der Waals surface area contributed by atoms with Gasteiger partial charge >= 0.3 is 0 Å². The van der Waals surface area contributed by atoms with Crippen molar-refractivity contribution in [2.24, 2.45) is 0 Å². The quantitative estimate of drug-likeness (QED) is 0.682. The Hall–Kier alpha value is -1.32. The molecule has 0 spiro atoms. The average Bonchev–Trinajstić information content (AvgIpc) is 2.15. The maximum Gasteiger partial charge on any atom is 0.248 e. The number of nitrogens with one attached hydrogen (secondary N) is 1. The van der Waals surface area contributed by atoms with E-state index in [4.69, 9.17) is 0 Å². The van der Waals surface area contributed by atoms with Gasteiger partial charge in [0.15, 0.2) is 0 Å². The van der Waals surface area contributed by atoms with Gasteiger partial charge in [-0.1, -0.05) is 12.2 Å². The molecule has 0 aromatic rings. The van der Waals surface area contributed by atoms with Crippen molar-refractivity contribution in [2.45, 2.75) is 39.3 Å². The zero-order valence-corrected chi connectivity index (χ0v) is 9.70. The number of nitrogens with zero attached hydrogens (tertiary/aromatic N) is 1. The van der Waals surface area contributed by atoms with Crippen molar-refractivity contribution in [3.8, 4) is 0 Å². The fraction of sp³-hybridized carbons (Fsp3) is 0.636. The first-order valence-electron chi connectivity index (χ1n) is 5.14. The van der Waals surface area contributed by atoms with E-state index in [9.17, 15) is 9.59 Å². The van der Waals surface area contributed by atoms with Crippen molar-refractivity contribution < 1.29 is 9.59 Å². The molecule has 1 aliphatic heterocycles. The molecule has 1 N–H and O–H groups in total. The summed E-state index contributed by atoms with van der Waals surface area (Å²) in [5, 5.41) is 2.71. The van der Waals surface area contributed by atoms with E-state index in [0.717, 1.165) is 0 Å². The second kappa shape index (κ2) is 4.04. The van der Waals surface area contributed by atoms with Gasteiger partial charge in [0.1, 0.15) is 11.6 Å².